The van der Waals surface area contributed by atoms with Gasteiger partial charge in [0, 0.05) is 12.1 Å². The second kappa shape index (κ2) is 6.10. The van der Waals surface area contributed by atoms with Gasteiger partial charge in [0.05, 0.1) is 12.1 Å². The van der Waals surface area contributed by atoms with Crippen LogP contribution in [-0.2, 0) is 13.1 Å². The lowest BCUT2D eigenvalue weighted by Gasteiger charge is -2.17. The van der Waals surface area contributed by atoms with Gasteiger partial charge in [0.2, 0.25) is 0 Å². The molecule has 0 radical (unpaired) electrons. The highest BCUT2D eigenvalue weighted by Crippen LogP contribution is 2.26. The molecule has 2 rings (SSSR count). The van der Waals surface area contributed by atoms with Crippen LogP contribution in [0.3, 0.4) is 0 Å². The number of phenols is 1. The van der Waals surface area contributed by atoms with E-state index >= 15 is 0 Å². The zero-order valence-electron chi connectivity index (χ0n) is 12.3. The number of rotatable bonds is 5. The van der Waals surface area contributed by atoms with Crippen LogP contribution < -0.4 is 0 Å². The van der Waals surface area contributed by atoms with Gasteiger partial charge in [-0.05, 0) is 45.2 Å². The summed E-state index contributed by atoms with van der Waals surface area (Å²) in [6.45, 7) is 4.00. The van der Waals surface area contributed by atoms with E-state index in [4.69, 9.17) is 4.42 Å². The lowest BCUT2D eigenvalue weighted by atomic mass is 10.0. The predicted molar refractivity (Wildman–Crippen MR) is 76.7 cm³/mol. The Balaban J connectivity index is 2.17. The third-order valence-corrected chi connectivity index (χ3v) is 3.19. The third kappa shape index (κ3) is 3.70. The molecule has 0 bridgehead atoms. The van der Waals surface area contributed by atoms with E-state index in [-0.39, 0.29) is 17.1 Å². The summed E-state index contributed by atoms with van der Waals surface area (Å²) in [6, 6.07) is 6.04. The van der Waals surface area contributed by atoms with Gasteiger partial charge in [-0.15, -0.1) is 0 Å². The van der Waals surface area contributed by atoms with E-state index in [1.165, 1.54) is 13.0 Å². The van der Waals surface area contributed by atoms with Crippen LogP contribution in [-0.4, -0.2) is 22.8 Å². The molecule has 112 valence electrons. The zero-order chi connectivity index (χ0) is 15.6. The summed E-state index contributed by atoms with van der Waals surface area (Å²) in [6.07, 6.45) is 0. The van der Waals surface area contributed by atoms with Crippen molar-refractivity contribution in [1.29, 1.82) is 0 Å². The molecule has 4 nitrogen and oxygen atoms in total. The van der Waals surface area contributed by atoms with Crippen molar-refractivity contribution in [2.24, 2.45) is 0 Å². The second-order valence-electron chi connectivity index (χ2n) is 5.20. The molecular weight excluding hydrogens is 273 g/mol. The molecule has 0 saturated carbocycles. The van der Waals surface area contributed by atoms with Gasteiger partial charge in [0.25, 0.3) is 0 Å². The minimum Gasteiger partial charge on any atom is -0.507 e. The van der Waals surface area contributed by atoms with Gasteiger partial charge in [0.1, 0.15) is 23.1 Å². The Kier molecular flexibility index (Phi) is 4.43. The van der Waals surface area contributed by atoms with Gasteiger partial charge in [-0.2, -0.15) is 0 Å². The first-order valence-electron chi connectivity index (χ1n) is 6.63. The molecule has 1 aromatic carbocycles. The van der Waals surface area contributed by atoms with E-state index in [9.17, 15) is 14.3 Å². The number of phenolic OH excluding ortho intramolecular Hbond substituents is 1. The van der Waals surface area contributed by atoms with Gasteiger partial charge in [-0.25, -0.2) is 4.39 Å². The second-order valence-corrected chi connectivity index (χ2v) is 5.20. The van der Waals surface area contributed by atoms with E-state index < -0.39 is 5.82 Å². The average molecular weight is 291 g/mol. The van der Waals surface area contributed by atoms with E-state index in [2.05, 4.69) is 0 Å². The first kappa shape index (κ1) is 15.3. The number of halogens is 1. The first-order chi connectivity index (χ1) is 9.86. The van der Waals surface area contributed by atoms with Crippen LogP contribution in [0.15, 0.2) is 28.7 Å². The van der Waals surface area contributed by atoms with Crippen molar-refractivity contribution in [3.05, 3.63) is 52.7 Å². The highest BCUT2D eigenvalue weighted by Gasteiger charge is 2.15. The van der Waals surface area contributed by atoms with E-state index in [1.807, 2.05) is 31.0 Å². The topological polar surface area (TPSA) is 53.7 Å². The van der Waals surface area contributed by atoms with Crippen molar-refractivity contribution >= 4 is 5.78 Å². The number of furan rings is 1. The maximum absolute atomic E-state index is 13.5. The van der Waals surface area contributed by atoms with Gasteiger partial charge >= 0.3 is 0 Å². The number of hydrogen-bond donors (Lipinski definition) is 1. The summed E-state index contributed by atoms with van der Waals surface area (Å²) in [5, 5.41) is 10.1. The van der Waals surface area contributed by atoms with Crippen LogP contribution in [0.25, 0.3) is 0 Å². The van der Waals surface area contributed by atoms with Crippen LogP contribution in [0, 0.1) is 12.7 Å². The summed E-state index contributed by atoms with van der Waals surface area (Å²) < 4.78 is 19.0. The average Bonchev–Trinajstić information content (AvgIpc) is 2.78. The fourth-order valence-corrected chi connectivity index (χ4v) is 2.23. The van der Waals surface area contributed by atoms with E-state index in [1.54, 1.807) is 0 Å². The number of nitrogens with zero attached hydrogens (tertiary/aromatic N) is 1. The quantitative estimate of drug-likeness (QED) is 0.859. The molecule has 0 aliphatic heterocycles. The number of benzene rings is 1. The number of ketones is 1. The lowest BCUT2D eigenvalue weighted by Crippen LogP contribution is -2.17. The normalized spacial score (nSPS) is 11.1. The summed E-state index contributed by atoms with van der Waals surface area (Å²) >= 11 is 0. The Hall–Kier alpha value is -2.14. The zero-order valence-corrected chi connectivity index (χ0v) is 12.3. The first-order valence-corrected chi connectivity index (χ1v) is 6.63. The fourth-order valence-electron chi connectivity index (χ4n) is 2.23. The Morgan fingerprint density at radius 3 is 2.62 bits per heavy atom. The van der Waals surface area contributed by atoms with Gasteiger partial charge < -0.3 is 9.52 Å². The SMILES string of the molecule is CC(=O)c1cc(F)cc(CN(C)Cc2ccc(C)o2)c1O. The number of carbonyl (C=O) groups excluding carboxylic acids is 1. The number of aromatic hydroxyl groups is 1. The molecule has 1 aromatic heterocycles. The maximum atomic E-state index is 13.5. The van der Waals surface area contributed by atoms with E-state index in [0.29, 0.717) is 18.7 Å². The number of hydrogen-bond acceptors (Lipinski definition) is 4. The van der Waals surface area contributed by atoms with Gasteiger partial charge in [-0.3, -0.25) is 9.69 Å². The van der Waals surface area contributed by atoms with Crippen LogP contribution in [0.4, 0.5) is 4.39 Å². The van der Waals surface area contributed by atoms with Gasteiger partial charge in [-0.1, -0.05) is 0 Å². The molecule has 1 heterocycles. The van der Waals surface area contributed by atoms with Gasteiger partial charge in [0.15, 0.2) is 5.78 Å². The molecule has 0 saturated heterocycles. The van der Waals surface area contributed by atoms with Crippen LogP contribution in [0.2, 0.25) is 0 Å². The Labute approximate surface area is 122 Å². The minimum absolute atomic E-state index is 0.00671. The summed E-state index contributed by atoms with van der Waals surface area (Å²) in [5.74, 6) is 0.558. The highest BCUT2D eigenvalue weighted by atomic mass is 19.1. The fraction of sp³-hybridized carbons (Fsp3) is 0.312. The molecule has 5 heteroatoms. The van der Waals surface area contributed by atoms with Crippen molar-refractivity contribution in [1.82, 2.24) is 4.90 Å². The molecule has 0 aliphatic rings. The van der Waals surface area contributed by atoms with Crippen LogP contribution in [0.1, 0.15) is 34.4 Å². The summed E-state index contributed by atoms with van der Waals surface area (Å²) in [4.78, 5) is 13.3. The molecule has 0 spiro atoms. The molecular formula is C16H18FNO3. The maximum Gasteiger partial charge on any atom is 0.163 e. The van der Waals surface area contributed by atoms with Crippen LogP contribution in [0.5, 0.6) is 5.75 Å². The largest absolute Gasteiger partial charge is 0.507 e. The molecule has 21 heavy (non-hydrogen) atoms. The number of Topliss-reactive ketones (excluding diaryl/α,β-unsaturated/α-hetero) is 1. The molecule has 2 aromatic rings. The summed E-state index contributed by atoms with van der Waals surface area (Å²) in [7, 11) is 1.83. The molecule has 0 atom stereocenters. The molecule has 0 unspecified atom stereocenters. The Bertz CT molecular complexity index is 664. The third-order valence-electron chi connectivity index (χ3n) is 3.19. The molecule has 0 amide bonds. The standard InChI is InChI=1S/C16H18FNO3/c1-10-4-5-14(21-10)9-18(3)8-12-6-13(17)7-15(11(2)19)16(12)20/h4-7,20H,8-9H2,1-3H3. The Morgan fingerprint density at radius 2 is 2.05 bits per heavy atom. The molecule has 0 aliphatic carbocycles. The Morgan fingerprint density at radius 1 is 1.33 bits per heavy atom. The molecule has 1 N–H and O–H groups in total. The van der Waals surface area contributed by atoms with Crippen molar-refractivity contribution in [2.75, 3.05) is 7.05 Å². The lowest BCUT2D eigenvalue weighted by molar-refractivity contribution is 0.101. The van der Waals surface area contributed by atoms with Crippen molar-refractivity contribution in [2.45, 2.75) is 26.9 Å². The smallest absolute Gasteiger partial charge is 0.163 e. The van der Waals surface area contributed by atoms with Crippen LogP contribution >= 0.6 is 0 Å². The van der Waals surface area contributed by atoms with Crippen molar-refractivity contribution in [3.63, 3.8) is 0 Å². The number of carbonyl (C=O) groups is 1. The minimum atomic E-state index is -0.532. The number of aryl methyl sites for hydroxylation is 1. The predicted octanol–water partition coefficient (Wildman–Crippen LogP) is 3.27. The van der Waals surface area contributed by atoms with Crippen molar-refractivity contribution in [3.8, 4) is 5.75 Å². The molecule has 0 fully saturated rings. The highest BCUT2D eigenvalue weighted by molar-refractivity contribution is 5.97. The monoisotopic (exact) mass is 291 g/mol. The summed E-state index contributed by atoms with van der Waals surface area (Å²) in [5.41, 5.74) is 0.387. The van der Waals surface area contributed by atoms with E-state index in [0.717, 1.165) is 17.6 Å². The van der Waals surface area contributed by atoms with Crippen molar-refractivity contribution < 1.29 is 18.7 Å².